The summed E-state index contributed by atoms with van der Waals surface area (Å²) < 4.78 is 5.72. The molecule has 0 fully saturated rings. The molecule has 1 rings (SSSR count). The average molecular weight is 277 g/mol. The van der Waals surface area contributed by atoms with Crippen molar-refractivity contribution in [2.24, 2.45) is 0 Å². The van der Waals surface area contributed by atoms with E-state index in [1.165, 1.54) is 49.7 Å². The minimum atomic E-state index is 0.746. The summed E-state index contributed by atoms with van der Waals surface area (Å²) in [6.07, 6.45) is 7.69. The van der Waals surface area contributed by atoms with Crippen molar-refractivity contribution in [3.8, 4) is 0 Å². The molecule has 0 aliphatic heterocycles. The van der Waals surface area contributed by atoms with E-state index < -0.39 is 0 Å². The number of hydrogen-bond donors (Lipinski definition) is 1. The van der Waals surface area contributed by atoms with Gasteiger partial charge in [0.15, 0.2) is 0 Å². The van der Waals surface area contributed by atoms with E-state index in [1.54, 1.807) is 0 Å². The summed E-state index contributed by atoms with van der Waals surface area (Å²) in [5, 5.41) is 3.42. The van der Waals surface area contributed by atoms with Crippen molar-refractivity contribution in [1.82, 2.24) is 5.32 Å². The monoisotopic (exact) mass is 277 g/mol. The first-order chi connectivity index (χ1) is 9.86. The van der Waals surface area contributed by atoms with E-state index in [9.17, 15) is 0 Å². The van der Waals surface area contributed by atoms with Crippen LogP contribution in [0.2, 0.25) is 0 Å². The molecule has 2 heteroatoms. The molecule has 2 nitrogen and oxygen atoms in total. The SMILES string of the molecule is CCCCCCCOCc1ccc(CNCCC)cc1. The van der Waals surface area contributed by atoms with Gasteiger partial charge in [-0.3, -0.25) is 0 Å². The molecule has 0 aliphatic carbocycles. The van der Waals surface area contributed by atoms with Crippen LogP contribution in [0.25, 0.3) is 0 Å². The van der Waals surface area contributed by atoms with Crippen LogP contribution in [0.3, 0.4) is 0 Å². The second kappa shape index (κ2) is 11.9. The van der Waals surface area contributed by atoms with Crippen LogP contribution in [0.15, 0.2) is 24.3 Å². The Bertz CT molecular complexity index is 321. The molecular weight excluding hydrogens is 246 g/mol. The van der Waals surface area contributed by atoms with E-state index >= 15 is 0 Å². The van der Waals surface area contributed by atoms with Crippen LogP contribution in [0.5, 0.6) is 0 Å². The first kappa shape index (κ1) is 17.2. The third kappa shape index (κ3) is 8.34. The molecule has 0 saturated carbocycles. The summed E-state index contributed by atoms with van der Waals surface area (Å²) in [6.45, 7) is 8.13. The highest BCUT2D eigenvalue weighted by Gasteiger charge is 1.96. The maximum atomic E-state index is 5.72. The standard InChI is InChI=1S/C18H31NO/c1-3-5-6-7-8-14-20-16-18-11-9-17(10-12-18)15-19-13-4-2/h9-12,19H,3-8,13-16H2,1-2H3. The predicted molar refractivity (Wildman–Crippen MR) is 86.9 cm³/mol. The summed E-state index contributed by atoms with van der Waals surface area (Å²) in [5.41, 5.74) is 2.62. The third-order valence-electron chi connectivity index (χ3n) is 3.44. The summed E-state index contributed by atoms with van der Waals surface area (Å²) >= 11 is 0. The Labute approximate surface area is 124 Å². The van der Waals surface area contributed by atoms with Crippen molar-refractivity contribution in [2.45, 2.75) is 65.5 Å². The van der Waals surface area contributed by atoms with Gasteiger partial charge in [0.05, 0.1) is 6.61 Å². The highest BCUT2D eigenvalue weighted by Crippen LogP contribution is 2.07. The zero-order chi connectivity index (χ0) is 14.5. The topological polar surface area (TPSA) is 21.3 Å². The minimum Gasteiger partial charge on any atom is -0.377 e. The van der Waals surface area contributed by atoms with Crippen molar-refractivity contribution in [1.29, 1.82) is 0 Å². The lowest BCUT2D eigenvalue weighted by molar-refractivity contribution is 0.116. The van der Waals surface area contributed by atoms with Crippen molar-refractivity contribution in [3.63, 3.8) is 0 Å². The smallest absolute Gasteiger partial charge is 0.0716 e. The Morgan fingerprint density at radius 3 is 2.25 bits per heavy atom. The van der Waals surface area contributed by atoms with E-state index in [1.807, 2.05) is 0 Å². The molecule has 0 aromatic heterocycles. The van der Waals surface area contributed by atoms with Gasteiger partial charge in [-0.2, -0.15) is 0 Å². The molecule has 0 unspecified atom stereocenters. The first-order valence-corrected chi connectivity index (χ1v) is 8.23. The van der Waals surface area contributed by atoms with Gasteiger partial charge in [-0.1, -0.05) is 63.8 Å². The van der Waals surface area contributed by atoms with Gasteiger partial charge in [0.1, 0.15) is 0 Å². The Balaban J connectivity index is 2.08. The van der Waals surface area contributed by atoms with Gasteiger partial charge < -0.3 is 10.1 Å². The number of nitrogens with one attached hydrogen (secondary N) is 1. The molecule has 0 aliphatic rings. The number of unbranched alkanes of at least 4 members (excludes halogenated alkanes) is 4. The largest absolute Gasteiger partial charge is 0.377 e. The number of rotatable bonds is 12. The van der Waals surface area contributed by atoms with Crippen LogP contribution in [-0.2, 0) is 17.9 Å². The van der Waals surface area contributed by atoms with Gasteiger partial charge in [0, 0.05) is 13.2 Å². The first-order valence-electron chi connectivity index (χ1n) is 8.23. The van der Waals surface area contributed by atoms with Gasteiger partial charge in [-0.05, 0) is 30.5 Å². The molecule has 0 heterocycles. The molecular formula is C18H31NO. The van der Waals surface area contributed by atoms with Crippen LogP contribution in [0, 0.1) is 0 Å². The lowest BCUT2D eigenvalue weighted by atomic mass is 10.1. The fraction of sp³-hybridized carbons (Fsp3) is 0.667. The molecule has 0 saturated heterocycles. The second-order valence-corrected chi connectivity index (χ2v) is 5.46. The Morgan fingerprint density at radius 1 is 0.850 bits per heavy atom. The minimum absolute atomic E-state index is 0.746. The van der Waals surface area contributed by atoms with E-state index in [0.29, 0.717) is 0 Å². The molecule has 0 radical (unpaired) electrons. The van der Waals surface area contributed by atoms with Crippen LogP contribution < -0.4 is 5.32 Å². The van der Waals surface area contributed by atoms with Gasteiger partial charge in [-0.15, -0.1) is 0 Å². The molecule has 1 aromatic rings. The highest BCUT2D eigenvalue weighted by molar-refractivity contribution is 5.21. The Kier molecular flexibility index (Phi) is 10.3. The lowest BCUT2D eigenvalue weighted by Gasteiger charge is -2.07. The van der Waals surface area contributed by atoms with E-state index in [2.05, 4.69) is 43.4 Å². The third-order valence-corrected chi connectivity index (χ3v) is 3.44. The van der Waals surface area contributed by atoms with Gasteiger partial charge in [0.2, 0.25) is 0 Å². The molecule has 0 bridgehead atoms. The summed E-state index contributed by atoms with van der Waals surface area (Å²) in [7, 11) is 0. The van der Waals surface area contributed by atoms with E-state index in [0.717, 1.165) is 26.3 Å². The molecule has 0 amide bonds. The number of hydrogen-bond acceptors (Lipinski definition) is 2. The van der Waals surface area contributed by atoms with Crippen molar-refractivity contribution in [3.05, 3.63) is 35.4 Å². The summed E-state index contributed by atoms with van der Waals surface area (Å²) in [4.78, 5) is 0. The number of benzene rings is 1. The summed E-state index contributed by atoms with van der Waals surface area (Å²) in [6, 6.07) is 8.76. The Hall–Kier alpha value is -0.860. The van der Waals surface area contributed by atoms with Crippen LogP contribution in [0.1, 0.15) is 63.5 Å². The van der Waals surface area contributed by atoms with Gasteiger partial charge in [-0.25, -0.2) is 0 Å². The van der Waals surface area contributed by atoms with Crippen molar-refractivity contribution < 1.29 is 4.74 Å². The van der Waals surface area contributed by atoms with Crippen molar-refractivity contribution in [2.75, 3.05) is 13.2 Å². The van der Waals surface area contributed by atoms with E-state index in [-0.39, 0.29) is 0 Å². The summed E-state index contributed by atoms with van der Waals surface area (Å²) in [5.74, 6) is 0. The molecule has 0 atom stereocenters. The normalized spacial score (nSPS) is 10.9. The molecule has 0 spiro atoms. The fourth-order valence-corrected chi connectivity index (χ4v) is 2.16. The lowest BCUT2D eigenvalue weighted by Crippen LogP contribution is -2.13. The Morgan fingerprint density at radius 2 is 1.55 bits per heavy atom. The zero-order valence-electron chi connectivity index (χ0n) is 13.3. The van der Waals surface area contributed by atoms with Crippen LogP contribution in [0.4, 0.5) is 0 Å². The fourth-order valence-electron chi connectivity index (χ4n) is 2.16. The molecule has 1 aromatic carbocycles. The van der Waals surface area contributed by atoms with Gasteiger partial charge >= 0.3 is 0 Å². The highest BCUT2D eigenvalue weighted by atomic mass is 16.5. The predicted octanol–water partition coefficient (Wildman–Crippen LogP) is 4.67. The van der Waals surface area contributed by atoms with Crippen molar-refractivity contribution >= 4 is 0 Å². The maximum Gasteiger partial charge on any atom is 0.0716 e. The zero-order valence-corrected chi connectivity index (χ0v) is 13.3. The average Bonchev–Trinajstić information content (AvgIpc) is 2.48. The maximum absolute atomic E-state index is 5.72. The van der Waals surface area contributed by atoms with Crippen LogP contribution in [-0.4, -0.2) is 13.2 Å². The van der Waals surface area contributed by atoms with Gasteiger partial charge in [0.25, 0.3) is 0 Å². The molecule has 1 N–H and O–H groups in total. The second-order valence-electron chi connectivity index (χ2n) is 5.46. The number of ether oxygens (including phenoxy) is 1. The molecule has 114 valence electrons. The van der Waals surface area contributed by atoms with E-state index in [4.69, 9.17) is 4.74 Å². The quantitative estimate of drug-likeness (QED) is 0.560. The van der Waals surface area contributed by atoms with Crippen LogP contribution >= 0.6 is 0 Å². The molecule has 20 heavy (non-hydrogen) atoms.